The van der Waals surface area contributed by atoms with Gasteiger partial charge in [0, 0.05) is 28.8 Å². The summed E-state index contributed by atoms with van der Waals surface area (Å²) in [5, 5.41) is 13.1. The van der Waals surface area contributed by atoms with Crippen LogP contribution in [0.4, 0.5) is 5.69 Å². The van der Waals surface area contributed by atoms with Crippen LogP contribution in [0.5, 0.6) is 0 Å². The Morgan fingerprint density at radius 1 is 1.23 bits per heavy atom. The van der Waals surface area contributed by atoms with Crippen molar-refractivity contribution in [3.05, 3.63) is 64.9 Å². The Bertz CT molecular complexity index is 991. The molecule has 0 spiro atoms. The molecule has 26 heavy (non-hydrogen) atoms. The Morgan fingerprint density at radius 3 is 2.85 bits per heavy atom. The molecule has 4 rings (SSSR count). The van der Waals surface area contributed by atoms with Crippen LogP contribution in [-0.4, -0.2) is 15.9 Å². The number of nitrogens with one attached hydrogen (secondary N) is 1. The molecular weight excluding hydrogens is 344 g/mol. The summed E-state index contributed by atoms with van der Waals surface area (Å²) in [4.78, 5) is 22.6. The van der Waals surface area contributed by atoms with Crippen LogP contribution in [0.3, 0.4) is 0 Å². The predicted octanol–water partition coefficient (Wildman–Crippen LogP) is 3.82. The van der Waals surface area contributed by atoms with Gasteiger partial charge in [0.25, 0.3) is 0 Å². The Balaban J connectivity index is 1.51. The fourth-order valence-electron chi connectivity index (χ4n) is 3.14. The van der Waals surface area contributed by atoms with Gasteiger partial charge >= 0.3 is 0 Å². The van der Waals surface area contributed by atoms with Crippen LogP contribution in [0.2, 0.25) is 0 Å². The zero-order valence-corrected chi connectivity index (χ0v) is 14.8. The first-order valence-electron chi connectivity index (χ1n) is 8.43. The zero-order valence-electron chi connectivity index (χ0n) is 14.0. The SMILES string of the molecule is N#Cc1ccccc1NC(=O)C1CCc2nc(-c3ccncc3)sc2C1. The summed E-state index contributed by atoms with van der Waals surface area (Å²) in [6.07, 6.45) is 5.79. The van der Waals surface area contributed by atoms with Gasteiger partial charge in [-0.25, -0.2) is 4.98 Å². The second-order valence-electron chi connectivity index (χ2n) is 6.21. The third kappa shape index (κ3) is 3.22. The van der Waals surface area contributed by atoms with Crippen molar-refractivity contribution in [1.29, 1.82) is 5.26 Å². The molecule has 0 saturated carbocycles. The maximum Gasteiger partial charge on any atom is 0.227 e. The minimum atomic E-state index is -0.0972. The number of benzene rings is 1. The van der Waals surface area contributed by atoms with Crippen molar-refractivity contribution < 1.29 is 4.79 Å². The summed E-state index contributed by atoms with van der Waals surface area (Å²) in [6.45, 7) is 0. The van der Waals surface area contributed by atoms with E-state index in [9.17, 15) is 10.1 Å². The van der Waals surface area contributed by atoms with Crippen LogP contribution in [0.1, 0.15) is 22.6 Å². The normalized spacial score (nSPS) is 15.7. The second-order valence-corrected chi connectivity index (χ2v) is 7.29. The molecule has 0 saturated heterocycles. The van der Waals surface area contributed by atoms with Crippen LogP contribution < -0.4 is 5.32 Å². The molecule has 1 aliphatic carbocycles. The first-order valence-corrected chi connectivity index (χ1v) is 9.25. The van der Waals surface area contributed by atoms with Gasteiger partial charge in [-0.05, 0) is 43.5 Å². The van der Waals surface area contributed by atoms with Crippen molar-refractivity contribution in [3.8, 4) is 16.6 Å². The Morgan fingerprint density at radius 2 is 2.04 bits per heavy atom. The Labute approximate surface area is 155 Å². The number of para-hydroxylation sites is 1. The highest BCUT2D eigenvalue weighted by Crippen LogP contribution is 2.35. The van der Waals surface area contributed by atoms with Gasteiger partial charge in [0.2, 0.25) is 5.91 Å². The molecule has 128 valence electrons. The van der Waals surface area contributed by atoms with Gasteiger partial charge in [-0.2, -0.15) is 5.26 Å². The molecule has 6 heteroatoms. The molecule has 1 atom stereocenters. The monoisotopic (exact) mass is 360 g/mol. The van der Waals surface area contributed by atoms with Crippen molar-refractivity contribution in [3.63, 3.8) is 0 Å². The number of aromatic nitrogens is 2. The summed E-state index contributed by atoms with van der Waals surface area (Å²) < 4.78 is 0. The molecule has 2 heterocycles. The summed E-state index contributed by atoms with van der Waals surface area (Å²) in [5.74, 6) is -0.128. The van der Waals surface area contributed by atoms with Gasteiger partial charge in [0.1, 0.15) is 11.1 Å². The lowest BCUT2D eigenvalue weighted by atomic mass is 9.90. The van der Waals surface area contributed by atoms with E-state index in [0.717, 1.165) is 29.1 Å². The van der Waals surface area contributed by atoms with Gasteiger partial charge in [0.15, 0.2) is 0 Å². The lowest BCUT2D eigenvalue weighted by Gasteiger charge is -2.20. The quantitative estimate of drug-likeness (QED) is 0.770. The van der Waals surface area contributed by atoms with Crippen LogP contribution in [-0.2, 0) is 17.6 Å². The van der Waals surface area contributed by atoms with E-state index in [1.165, 1.54) is 4.88 Å². The summed E-state index contributed by atoms with van der Waals surface area (Å²) >= 11 is 1.65. The number of carbonyl (C=O) groups excluding carboxylic acids is 1. The standard InChI is InChI=1S/C20H16N4OS/c21-12-15-3-1-2-4-16(15)23-19(25)14-5-6-17-18(11-14)26-20(24-17)13-7-9-22-10-8-13/h1-4,7-10,14H,5-6,11H2,(H,23,25). The number of anilines is 1. The molecule has 1 N–H and O–H groups in total. The number of rotatable bonds is 3. The number of aryl methyl sites for hydroxylation is 1. The fraction of sp³-hybridized carbons (Fsp3) is 0.200. The fourth-order valence-corrected chi connectivity index (χ4v) is 4.33. The third-order valence-corrected chi connectivity index (χ3v) is 5.71. The van der Waals surface area contributed by atoms with Crippen LogP contribution in [0, 0.1) is 17.2 Å². The van der Waals surface area contributed by atoms with E-state index in [0.29, 0.717) is 17.7 Å². The minimum Gasteiger partial charge on any atom is -0.325 e. The predicted molar refractivity (Wildman–Crippen MR) is 101 cm³/mol. The molecule has 1 amide bonds. The van der Waals surface area contributed by atoms with Gasteiger partial charge in [-0.15, -0.1) is 11.3 Å². The summed E-state index contributed by atoms with van der Waals surface area (Å²) in [5.41, 5.74) is 3.22. The summed E-state index contributed by atoms with van der Waals surface area (Å²) in [6, 6.07) is 13.1. The van der Waals surface area contributed by atoms with Crippen molar-refractivity contribution in [2.45, 2.75) is 19.3 Å². The van der Waals surface area contributed by atoms with E-state index >= 15 is 0 Å². The molecule has 5 nitrogen and oxygen atoms in total. The van der Waals surface area contributed by atoms with E-state index in [1.54, 1.807) is 41.9 Å². The topological polar surface area (TPSA) is 78.7 Å². The van der Waals surface area contributed by atoms with Gasteiger partial charge in [0.05, 0.1) is 16.9 Å². The largest absolute Gasteiger partial charge is 0.325 e. The molecule has 1 aliphatic rings. The number of hydrogen-bond acceptors (Lipinski definition) is 5. The number of amides is 1. The molecule has 3 aromatic rings. The van der Waals surface area contributed by atoms with Crippen molar-refractivity contribution in [2.24, 2.45) is 5.92 Å². The van der Waals surface area contributed by atoms with E-state index in [1.807, 2.05) is 18.2 Å². The lowest BCUT2D eigenvalue weighted by Crippen LogP contribution is -2.28. The molecule has 0 radical (unpaired) electrons. The van der Waals surface area contributed by atoms with E-state index in [4.69, 9.17) is 4.98 Å². The van der Waals surface area contributed by atoms with Gasteiger partial charge < -0.3 is 5.32 Å². The number of thiazole rings is 1. The van der Waals surface area contributed by atoms with Crippen molar-refractivity contribution >= 4 is 22.9 Å². The first kappa shape index (κ1) is 16.4. The van der Waals surface area contributed by atoms with E-state index in [2.05, 4.69) is 16.4 Å². The molecule has 0 fully saturated rings. The highest BCUT2D eigenvalue weighted by atomic mass is 32.1. The van der Waals surface area contributed by atoms with Gasteiger partial charge in [-0.3, -0.25) is 9.78 Å². The minimum absolute atomic E-state index is 0.0304. The molecule has 1 aromatic carbocycles. The van der Waals surface area contributed by atoms with Crippen molar-refractivity contribution in [2.75, 3.05) is 5.32 Å². The number of carbonyl (C=O) groups is 1. The number of hydrogen-bond donors (Lipinski definition) is 1. The van der Waals surface area contributed by atoms with Crippen LogP contribution in [0.15, 0.2) is 48.8 Å². The maximum absolute atomic E-state index is 12.7. The molecule has 2 aromatic heterocycles. The first-order chi connectivity index (χ1) is 12.7. The third-order valence-electron chi connectivity index (χ3n) is 4.54. The second kappa shape index (κ2) is 7.06. The summed E-state index contributed by atoms with van der Waals surface area (Å²) in [7, 11) is 0. The Kier molecular flexibility index (Phi) is 4.46. The highest BCUT2D eigenvalue weighted by molar-refractivity contribution is 7.15. The van der Waals surface area contributed by atoms with Crippen LogP contribution >= 0.6 is 11.3 Å². The molecule has 0 aliphatic heterocycles. The zero-order chi connectivity index (χ0) is 17.9. The number of nitriles is 1. The van der Waals surface area contributed by atoms with Crippen LogP contribution in [0.25, 0.3) is 10.6 Å². The highest BCUT2D eigenvalue weighted by Gasteiger charge is 2.28. The van der Waals surface area contributed by atoms with E-state index in [-0.39, 0.29) is 11.8 Å². The number of nitrogens with zero attached hydrogens (tertiary/aromatic N) is 3. The van der Waals surface area contributed by atoms with Gasteiger partial charge in [-0.1, -0.05) is 12.1 Å². The average Bonchev–Trinajstić information content (AvgIpc) is 3.12. The van der Waals surface area contributed by atoms with E-state index < -0.39 is 0 Å². The maximum atomic E-state index is 12.7. The molecule has 1 unspecified atom stereocenters. The van der Waals surface area contributed by atoms with Crippen molar-refractivity contribution in [1.82, 2.24) is 9.97 Å². The molecular formula is C20H16N4OS. The average molecular weight is 360 g/mol. The molecule has 0 bridgehead atoms. The lowest BCUT2D eigenvalue weighted by molar-refractivity contribution is -0.120. The smallest absolute Gasteiger partial charge is 0.227 e. The Hall–Kier alpha value is -3.04. The number of fused-ring (bicyclic) bond motifs is 1. The number of pyridine rings is 1.